The molecular weight excluding hydrogens is 252 g/mol. The van der Waals surface area contributed by atoms with E-state index < -0.39 is 12.0 Å². The quantitative estimate of drug-likeness (QED) is 0.897. The van der Waals surface area contributed by atoms with Gasteiger partial charge in [0.25, 0.3) is 5.91 Å². The number of benzene rings is 2. The summed E-state index contributed by atoms with van der Waals surface area (Å²) in [7, 11) is 3.86. The zero-order valence-corrected chi connectivity index (χ0v) is 11.6. The van der Waals surface area contributed by atoms with Crippen LogP contribution in [0.25, 0.3) is 0 Å². The molecule has 104 valence electrons. The molecule has 0 aliphatic heterocycles. The lowest BCUT2D eigenvalue weighted by molar-refractivity contribution is -0.124. The van der Waals surface area contributed by atoms with Gasteiger partial charge in [0.05, 0.1) is 0 Å². The first-order valence-corrected chi connectivity index (χ1v) is 6.39. The number of amides is 1. The highest BCUT2D eigenvalue weighted by atomic mass is 16.3. The highest BCUT2D eigenvalue weighted by molar-refractivity contribution is 5.95. The third-order valence-electron chi connectivity index (χ3n) is 2.99. The zero-order chi connectivity index (χ0) is 14.5. The van der Waals surface area contributed by atoms with Crippen molar-refractivity contribution in [1.82, 2.24) is 0 Å². The van der Waals surface area contributed by atoms with Crippen LogP contribution in [0.2, 0.25) is 0 Å². The number of aliphatic hydroxyl groups is 1. The predicted octanol–water partition coefficient (Wildman–Crippen LogP) is 2.42. The molecule has 0 saturated heterocycles. The Kier molecular flexibility index (Phi) is 4.38. The lowest BCUT2D eigenvalue weighted by atomic mass is 10.1. The number of anilines is 2. The minimum absolute atomic E-state index is 0.438. The molecule has 0 spiro atoms. The lowest BCUT2D eigenvalue weighted by Gasteiger charge is -2.15. The minimum atomic E-state index is -1.17. The van der Waals surface area contributed by atoms with Gasteiger partial charge in [-0.25, -0.2) is 0 Å². The van der Waals surface area contributed by atoms with Crippen LogP contribution in [0.15, 0.2) is 54.6 Å². The van der Waals surface area contributed by atoms with Gasteiger partial charge in [0.1, 0.15) is 0 Å². The van der Waals surface area contributed by atoms with Gasteiger partial charge in [0, 0.05) is 25.5 Å². The standard InChI is InChI=1S/C16H18N2O2/c1-18(2)14-10-6-9-13(11-14)17-16(20)15(19)12-7-4-3-5-8-12/h3-11,15,19H,1-2H3,(H,17,20). The predicted molar refractivity (Wildman–Crippen MR) is 80.8 cm³/mol. The average molecular weight is 270 g/mol. The van der Waals surface area contributed by atoms with Crippen LogP contribution in [0.3, 0.4) is 0 Å². The van der Waals surface area contributed by atoms with Gasteiger partial charge in [0.2, 0.25) is 0 Å². The van der Waals surface area contributed by atoms with Gasteiger partial charge in [-0.1, -0.05) is 36.4 Å². The van der Waals surface area contributed by atoms with Gasteiger partial charge in [-0.2, -0.15) is 0 Å². The fourth-order valence-electron chi connectivity index (χ4n) is 1.86. The molecule has 1 amide bonds. The van der Waals surface area contributed by atoms with Crippen LogP contribution in [0.1, 0.15) is 11.7 Å². The van der Waals surface area contributed by atoms with Crippen LogP contribution >= 0.6 is 0 Å². The van der Waals surface area contributed by atoms with E-state index in [9.17, 15) is 9.90 Å². The monoisotopic (exact) mass is 270 g/mol. The zero-order valence-electron chi connectivity index (χ0n) is 11.6. The molecule has 0 fully saturated rings. The van der Waals surface area contributed by atoms with Crippen molar-refractivity contribution in [2.24, 2.45) is 0 Å². The molecule has 4 heteroatoms. The van der Waals surface area contributed by atoms with Gasteiger partial charge < -0.3 is 15.3 Å². The highest BCUT2D eigenvalue weighted by Crippen LogP contribution is 2.19. The Morgan fingerprint density at radius 2 is 1.80 bits per heavy atom. The van der Waals surface area contributed by atoms with E-state index in [4.69, 9.17) is 0 Å². The summed E-state index contributed by atoms with van der Waals surface area (Å²) in [6.45, 7) is 0. The van der Waals surface area contributed by atoms with Crippen molar-refractivity contribution in [3.63, 3.8) is 0 Å². The summed E-state index contributed by atoms with van der Waals surface area (Å²) < 4.78 is 0. The summed E-state index contributed by atoms with van der Waals surface area (Å²) in [4.78, 5) is 14.0. The molecule has 20 heavy (non-hydrogen) atoms. The topological polar surface area (TPSA) is 52.6 Å². The van der Waals surface area contributed by atoms with Crippen LogP contribution in [-0.2, 0) is 4.79 Å². The first kappa shape index (κ1) is 14.1. The molecule has 0 aliphatic carbocycles. The maximum absolute atomic E-state index is 12.0. The fourth-order valence-corrected chi connectivity index (χ4v) is 1.86. The van der Waals surface area contributed by atoms with Gasteiger partial charge >= 0.3 is 0 Å². The van der Waals surface area contributed by atoms with E-state index in [0.29, 0.717) is 11.3 Å². The van der Waals surface area contributed by atoms with Crippen LogP contribution in [0, 0.1) is 0 Å². The highest BCUT2D eigenvalue weighted by Gasteiger charge is 2.17. The van der Waals surface area contributed by atoms with E-state index in [-0.39, 0.29) is 0 Å². The summed E-state index contributed by atoms with van der Waals surface area (Å²) in [6.07, 6.45) is -1.17. The molecule has 1 atom stereocenters. The molecule has 0 aromatic heterocycles. The summed E-state index contributed by atoms with van der Waals surface area (Å²) in [5.74, 6) is -0.438. The van der Waals surface area contributed by atoms with Crippen LogP contribution in [-0.4, -0.2) is 25.1 Å². The Balaban J connectivity index is 2.10. The van der Waals surface area contributed by atoms with E-state index >= 15 is 0 Å². The molecular formula is C16H18N2O2. The molecule has 0 radical (unpaired) electrons. The minimum Gasteiger partial charge on any atom is -0.378 e. The van der Waals surface area contributed by atoms with E-state index in [1.807, 2.05) is 43.3 Å². The molecule has 2 rings (SSSR count). The molecule has 2 aromatic carbocycles. The summed E-state index contributed by atoms with van der Waals surface area (Å²) in [5, 5.41) is 12.7. The molecule has 0 bridgehead atoms. The van der Waals surface area contributed by atoms with Crippen LogP contribution < -0.4 is 10.2 Å². The Bertz CT molecular complexity index is 582. The fraction of sp³-hybridized carbons (Fsp3) is 0.188. The van der Waals surface area contributed by atoms with Crippen molar-refractivity contribution in [3.05, 3.63) is 60.2 Å². The number of carbonyl (C=O) groups is 1. The van der Waals surface area contributed by atoms with Crippen molar-refractivity contribution < 1.29 is 9.90 Å². The maximum atomic E-state index is 12.0. The third-order valence-corrected chi connectivity index (χ3v) is 2.99. The van der Waals surface area contributed by atoms with Gasteiger partial charge in [-0.05, 0) is 23.8 Å². The van der Waals surface area contributed by atoms with E-state index in [1.165, 1.54) is 0 Å². The number of aliphatic hydroxyl groups excluding tert-OH is 1. The molecule has 4 nitrogen and oxygen atoms in total. The molecule has 0 heterocycles. The van der Waals surface area contributed by atoms with Crippen LogP contribution in [0.4, 0.5) is 11.4 Å². The number of nitrogens with zero attached hydrogens (tertiary/aromatic N) is 1. The van der Waals surface area contributed by atoms with Crippen molar-refractivity contribution in [3.8, 4) is 0 Å². The first-order chi connectivity index (χ1) is 9.58. The normalized spacial score (nSPS) is 11.8. The molecule has 2 N–H and O–H groups in total. The van der Waals surface area contributed by atoms with Crippen molar-refractivity contribution in [2.45, 2.75) is 6.10 Å². The Morgan fingerprint density at radius 1 is 1.10 bits per heavy atom. The van der Waals surface area contributed by atoms with Gasteiger partial charge in [0.15, 0.2) is 6.10 Å². The molecule has 0 aliphatic rings. The third kappa shape index (κ3) is 3.36. The summed E-state index contributed by atoms with van der Waals surface area (Å²) in [6, 6.07) is 16.3. The lowest BCUT2D eigenvalue weighted by Crippen LogP contribution is -2.21. The smallest absolute Gasteiger partial charge is 0.257 e. The number of nitrogens with one attached hydrogen (secondary N) is 1. The van der Waals surface area contributed by atoms with E-state index in [0.717, 1.165) is 5.69 Å². The van der Waals surface area contributed by atoms with Gasteiger partial charge in [-0.15, -0.1) is 0 Å². The SMILES string of the molecule is CN(C)c1cccc(NC(=O)C(O)c2ccccc2)c1. The largest absolute Gasteiger partial charge is 0.378 e. The van der Waals surface area contributed by atoms with E-state index in [1.54, 1.807) is 30.3 Å². The van der Waals surface area contributed by atoms with Crippen molar-refractivity contribution in [1.29, 1.82) is 0 Å². The summed E-state index contributed by atoms with van der Waals surface area (Å²) >= 11 is 0. The maximum Gasteiger partial charge on any atom is 0.257 e. The first-order valence-electron chi connectivity index (χ1n) is 6.39. The second-order valence-electron chi connectivity index (χ2n) is 4.75. The Morgan fingerprint density at radius 3 is 2.45 bits per heavy atom. The second-order valence-corrected chi connectivity index (χ2v) is 4.75. The molecule has 2 aromatic rings. The summed E-state index contributed by atoms with van der Waals surface area (Å²) in [5.41, 5.74) is 2.22. The number of hydrogen-bond acceptors (Lipinski definition) is 3. The average Bonchev–Trinajstić information content (AvgIpc) is 2.47. The number of carbonyl (C=O) groups excluding carboxylic acids is 1. The molecule has 1 unspecified atom stereocenters. The Hall–Kier alpha value is -2.33. The van der Waals surface area contributed by atoms with Crippen molar-refractivity contribution in [2.75, 3.05) is 24.3 Å². The Labute approximate surface area is 118 Å². The van der Waals surface area contributed by atoms with Crippen molar-refractivity contribution >= 4 is 17.3 Å². The second kappa shape index (κ2) is 6.21. The van der Waals surface area contributed by atoms with E-state index in [2.05, 4.69) is 5.32 Å². The van der Waals surface area contributed by atoms with Crippen LogP contribution in [0.5, 0.6) is 0 Å². The van der Waals surface area contributed by atoms with Gasteiger partial charge in [-0.3, -0.25) is 4.79 Å². The molecule has 0 saturated carbocycles. The number of hydrogen-bond donors (Lipinski definition) is 2. The number of rotatable bonds is 4.